The molecule has 1 aliphatic heterocycles. The molecule has 3 heterocycles. The van der Waals surface area contributed by atoms with Crippen LogP contribution in [0.1, 0.15) is 9.75 Å². The van der Waals surface area contributed by atoms with Crippen molar-refractivity contribution in [2.45, 2.75) is 0 Å². The number of carbonyl (C=O) groups is 1. The van der Waals surface area contributed by atoms with Crippen LogP contribution in [0.2, 0.25) is 4.34 Å². The summed E-state index contributed by atoms with van der Waals surface area (Å²) in [6.07, 6.45) is 0. The smallest absolute Gasteiger partial charge is 0.256 e. The first kappa shape index (κ1) is 14.8. The van der Waals surface area contributed by atoms with E-state index in [1.54, 1.807) is 18.4 Å². The van der Waals surface area contributed by atoms with Gasteiger partial charge in [0.05, 0.1) is 16.5 Å². The summed E-state index contributed by atoms with van der Waals surface area (Å²) in [5, 5.41) is 1.99. The first-order chi connectivity index (χ1) is 10.2. The van der Waals surface area contributed by atoms with E-state index in [0.717, 1.165) is 25.2 Å². The molecule has 0 unspecified atom stereocenters. The Morgan fingerprint density at radius 3 is 2.81 bits per heavy atom. The average Bonchev–Trinajstić information content (AvgIpc) is 3.17. The highest BCUT2D eigenvalue weighted by Gasteiger charge is 2.32. The number of ether oxygens (including phenoxy) is 1. The maximum Gasteiger partial charge on any atom is 0.256 e. The highest BCUT2D eigenvalue weighted by molar-refractivity contribution is 7.17. The molecule has 0 saturated carbocycles. The summed E-state index contributed by atoms with van der Waals surface area (Å²) in [7, 11) is 1.65. The van der Waals surface area contributed by atoms with Crippen LogP contribution in [0.5, 0.6) is 0 Å². The van der Waals surface area contributed by atoms with E-state index in [-0.39, 0.29) is 5.91 Å². The van der Waals surface area contributed by atoms with Gasteiger partial charge in [-0.05, 0) is 23.6 Å². The number of thiophene rings is 2. The first-order valence-electron chi connectivity index (χ1n) is 6.51. The molecule has 2 aromatic heterocycles. The topological polar surface area (TPSA) is 29.5 Å². The molecule has 1 aliphatic rings. The number of hydrogen-bond donors (Lipinski definition) is 0. The second kappa shape index (κ2) is 6.32. The lowest BCUT2D eigenvalue weighted by molar-refractivity contribution is -0.124. The van der Waals surface area contributed by atoms with Crippen LogP contribution in [-0.2, 0) is 9.53 Å². The Labute approximate surface area is 136 Å². The zero-order chi connectivity index (χ0) is 14.8. The molecule has 2 aromatic rings. The molecule has 3 rings (SSSR count). The molecule has 0 radical (unpaired) electrons. The molecule has 0 aliphatic carbocycles. The Morgan fingerprint density at radius 2 is 2.19 bits per heavy atom. The normalized spacial score (nSPS) is 15.3. The largest absolute Gasteiger partial charge is 0.383 e. The second-order valence-electron chi connectivity index (χ2n) is 4.65. The van der Waals surface area contributed by atoms with Gasteiger partial charge in [-0.3, -0.25) is 4.79 Å². The third-order valence-electron chi connectivity index (χ3n) is 3.36. The van der Waals surface area contributed by atoms with E-state index in [9.17, 15) is 4.79 Å². The fourth-order valence-corrected chi connectivity index (χ4v) is 4.24. The van der Waals surface area contributed by atoms with Gasteiger partial charge in [0.25, 0.3) is 5.91 Å². The number of rotatable bonds is 5. The van der Waals surface area contributed by atoms with Crippen LogP contribution in [0.15, 0.2) is 29.6 Å². The van der Waals surface area contributed by atoms with Crippen LogP contribution >= 0.6 is 34.3 Å². The molecule has 0 saturated heterocycles. The van der Waals surface area contributed by atoms with Crippen LogP contribution < -0.4 is 0 Å². The minimum Gasteiger partial charge on any atom is -0.383 e. The van der Waals surface area contributed by atoms with Crippen molar-refractivity contribution in [3.8, 4) is 0 Å². The molecule has 0 aromatic carbocycles. The number of hydrogen-bond acceptors (Lipinski definition) is 4. The van der Waals surface area contributed by atoms with Crippen molar-refractivity contribution < 1.29 is 9.53 Å². The van der Waals surface area contributed by atoms with Gasteiger partial charge in [0.2, 0.25) is 0 Å². The molecule has 21 heavy (non-hydrogen) atoms. The van der Waals surface area contributed by atoms with Crippen molar-refractivity contribution in [3.05, 3.63) is 43.7 Å². The third kappa shape index (κ3) is 2.92. The molecule has 3 nitrogen and oxygen atoms in total. The van der Waals surface area contributed by atoms with E-state index >= 15 is 0 Å². The maximum absolute atomic E-state index is 12.7. The van der Waals surface area contributed by atoms with Gasteiger partial charge >= 0.3 is 0 Å². The van der Waals surface area contributed by atoms with Gasteiger partial charge in [-0.15, -0.1) is 22.7 Å². The van der Waals surface area contributed by atoms with E-state index in [0.29, 0.717) is 19.7 Å². The van der Waals surface area contributed by atoms with E-state index in [2.05, 4.69) is 0 Å². The summed E-state index contributed by atoms with van der Waals surface area (Å²) in [4.78, 5) is 16.6. The van der Waals surface area contributed by atoms with Crippen molar-refractivity contribution in [2.75, 3.05) is 26.8 Å². The molecule has 1 amide bonds. The summed E-state index contributed by atoms with van der Waals surface area (Å²) in [6.45, 7) is 1.76. The Hall–Kier alpha value is -1.14. The van der Waals surface area contributed by atoms with Gasteiger partial charge in [-0.1, -0.05) is 17.7 Å². The van der Waals surface area contributed by atoms with Crippen molar-refractivity contribution in [1.82, 2.24) is 4.90 Å². The Morgan fingerprint density at radius 1 is 1.33 bits per heavy atom. The van der Waals surface area contributed by atoms with Gasteiger partial charge in [0.15, 0.2) is 0 Å². The Bertz CT molecular complexity index is 676. The van der Waals surface area contributed by atoms with E-state index in [4.69, 9.17) is 16.3 Å². The van der Waals surface area contributed by atoms with E-state index in [1.165, 1.54) is 11.3 Å². The first-order valence-corrected chi connectivity index (χ1v) is 8.59. The molecule has 110 valence electrons. The summed E-state index contributed by atoms with van der Waals surface area (Å²) < 4.78 is 5.84. The number of methoxy groups -OCH3 is 1. The molecule has 6 heteroatoms. The summed E-state index contributed by atoms with van der Waals surface area (Å²) in [5.41, 5.74) is 1.87. The van der Waals surface area contributed by atoms with Crippen molar-refractivity contribution in [3.63, 3.8) is 0 Å². The van der Waals surface area contributed by atoms with Crippen molar-refractivity contribution in [1.29, 1.82) is 0 Å². The molecular weight excluding hydrogens is 326 g/mol. The predicted molar refractivity (Wildman–Crippen MR) is 88.9 cm³/mol. The van der Waals surface area contributed by atoms with Crippen molar-refractivity contribution >= 4 is 51.3 Å². The van der Waals surface area contributed by atoms with E-state index in [1.807, 2.05) is 34.5 Å². The predicted octanol–water partition coefficient (Wildman–Crippen LogP) is 3.86. The summed E-state index contributed by atoms with van der Waals surface area (Å²) in [6, 6.07) is 7.83. The highest BCUT2D eigenvalue weighted by atomic mass is 35.5. The molecule has 0 fully saturated rings. The van der Waals surface area contributed by atoms with Gasteiger partial charge in [0.1, 0.15) is 0 Å². The highest BCUT2D eigenvalue weighted by Crippen LogP contribution is 2.39. The molecule has 0 atom stereocenters. The summed E-state index contributed by atoms with van der Waals surface area (Å²) in [5.74, 6) is 0.0778. The van der Waals surface area contributed by atoms with Crippen molar-refractivity contribution in [2.24, 2.45) is 0 Å². The molecule has 0 spiro atoms. The number of nitrogens with zero attached hydrogens (tertiary/aromatic N) is 1. The monoisotopic (exact) mass is 339 g/mol. The number of carbonyl (C=O) groups excluding carboxylic acids is 1. The quantitative estimate of drug-likeness (QED) is 0.827. The number of halogens is 1. The van der Waals surface area contributed by atoms with Crippen LogP contribution in [-0.4, -0.2) is 37.6 Å². The lowest BCUT2D eigenvalue weighted by Crippen LogP contribution is -2.30. The standard InChI is InChI=1S/C15H14ClNO2S2/c1-19-7-6-17-9-10(11-4-5-13(16)21-11)14(15(17)18)12-3-2-8-20-12/h2-5,8H,6-7,9H2,1H3. The maximum atomic E-state index is 12.7. The van der Waals surface area contributed by atoms with Crippen LogP contribution in [0.25, 0.3) is 11.1 Å². The zero-order valence-electron chi connectivity index (χ0n) is 11.5. The van der Waals surface area contributed by atoms with Gasteiger partial charge < -0.3 is 9.64 Å². The Balaban J connectivity index is 2.00. The number of amides is 1. The lowest BCUT2D eigenvalue weighted by Gasteiger charge is -2.15. The average molecular weight is 340 g/mol. The fourth-order valence-electron chi connectivity index (χ4n) is 2.36. The fraction of sp³-hybridized carbons (Fsp3) is 0.267. The molecular formula is C15H14ClNO2S2. The van der Waals surface area contributed by atoms with Gasteiger partial charge in [-0.2, -0.15) is 0 Å². The minimum atomic E-state index is 0.0778. The van der Waals surface area contributed by atoms with E-state index < -0.39 is 0 Å². The minimum absolute atomic E-state index is 0.0778. The van der Waals surface area contributed by atoms with Gasteiger partial charge in [-0.25, -0.2) is 0 Å². The second-order valence-corrected chi connectivity index (χ2v) is 7.32. The SMILES string of the molecule is COCCN1CC(c2ccc(Cl)s2)=C(c2cccs2)C1=O. The summed E-state index contributed by atoms with van der Waals surface area (Å²) >= 11 is 9.15. The third-order valence-corrected chi connectivity index (χ3v) is 5.53. The molecule has 0 N–H and O–H groups in total. The van der Waals surface area contributed by atoms with Crippen LogP contribution in [0, 0.1) is 0 Å². The molecule has 0 bridgehead atoms. The van der Waals surface area contributed by atoms with Gasteiger partial charge in [0, 0.05) is 35.5 Å². The zero-order valence-corrected chi connectivity index (χ0v) is 13.9. The Kier molecular flexibility index (Phi) is 4.45. The lowest BCUT2D eigenvalue weighted by atomic mass is 10.1. The van der Waals surface area contributed by atoms with Crippen LogP contribution in [0.4, 0.5) is 0 Å². The van der Waals surface area contributed by atoms with Crippen LogP contribution in [0.3, 0.4) is 0 Å².